The molecule has 6 nitrogen and oxygen atoms in total. The molecule has 0 aliphatic heterocycles. The molecule has 6 heteroatoms. The second kappa shape index (κ2) is 5.05. The quantitative estimate of drug-likeness (QED) is 0.797. The Bertz CT molecular complexity index is 817. The molecule has 1 aromatic carbocycles. The van der Waals surface area contributed by atoms with E-state index in [1.165, 1.54) is 0 Å². The summed E-state index contributed by atoms with van der Waals surface area (Å²) in [5, 5.41) is 9.13. The first-order valence-corrected chi connectivity index (χ1v) is 6.72. The van der Waals surface area contributed by atoms with Crippen molar-refractivity contribution in [2.24, 2.45) is 0 Å². The Morgan fingerprint density at radius 2 is 2.24 bits per heavy atom. The van der Waals surface area contributed by atoms with Crippen molar-refractivity contribution in [3.8, 4) is 0 Å². The van der Waals surface area contributed by atoms with E-state index in [0.29, 0.717) is 12.4 Å². The Morgan fingerprint density at radius 3 is 2.86 bits per heavy atom. The van der Waals surface area contributed by atoms with Crippen molar-refractivity contribution in [3.05, 3.63) is 47.4 Å². The van der Waals surface area contributed by atoms with Crippen molar-refractivity contribution < 1.29 is 14.3 Å². The van der Waals surface area contributed by atoms with E-state index in [0.717, 1.165) is 29.0 Å². The highest BCUT2D eigenvalue weighted by molar-refractivity contribution is 5.92. The van der Waals surface area contributed by atoms with Gasteiger partial charge in [0.25, 0.3) is 0 Å². The fourth-order valence-corrected chi connectivity index (χ4v) is 2.36. The fraction of sp³-hybridized carbons (Fsp3) is 0.267. The van der Waals surface area contributed by atoms with E-state index in [4.69, 9.17) is 9.52 Å². The number of benzene rings is 1. The normalized spacial score (nSPS) is 11.1. The zero-order valence-electron chi connectivity index (χ0n) is 11.8. The van der Waals surface area contributed by atoms with Gasteiger partial charge >= 0.3 is 5.97 Å². The van der Waals surface area contributed by atoms with Crippen molar-refractivity contribution in [2.45, 2.75) is 26.8 Å². The first kappa shape index (κ1) is 13.4. The fourth-order valence-electron chi connectivity index (χ4n) is 2.36. The number of hydrogen-bond acceptors (Lipinski definition) is 4. The van der Waals surface area contributed by atoms with E-state index in [2.05, 4.69) is 9.97 Å². The lowest BCUT2D eigenvalue weighted by atomic mass is 10.2. The molecule has 108 valence electrons. The molecule has 2 heterocycles. The Kier molecular flexibility index (Phi) is 3.21. The molecule has 0 spiro atoms. The Balaban J connectivity index is 2.13. The van der Waals surface area contributed by atoms with Crippen molar-refractivity contribution >= 4 is 17.0 Å². The molecule has 0 amide bonds. The van der Waals surface area contributed by atoms with Gasteiger partial charge in [-0.15, -0.1) is 0 Å². The largest absolute Gasteiger partial charge is 0.478 e. The molecule has 0 fully saturated rings. The minimum atomic E-state index is -0.949. The van der Waals surface area contributed by atoms with Crippen LogP contribution in [0.1, 0.15) is 34.8 Å². The monoisotopic (exact) mass is 285 g/mol. The van der Waals surface area contributed by atoms with Gasteiger partial charge in [-0.1, -0.05) is 6.92 Å². The number of nitrogens with zero attached hydrogens (tertiary/aromatic N) is 3. The predicted octanol–water partition coefficient (Wildman–Crippen LogP) is 2.64. The summed E-state index contributed by atoms with van der Waals surface area (Å²) in [6.45, 7) is 4.29. The van der Waals surface area contributed by atoms with E-state index in [-0.39, 0.29) is 5.56 Å². The predicted molar refractivity (Wildman–Crippen MR) is 76.4 cm³/mol. The van der Waals surface area contributed by atoms with Crippen LogP contribution in [-0.2, 0) is 13.0 Å². The third kappa shape index (κ3) is 2.40. The second-order valence-electron chi connectivity index (χ2n) is 4.84. The van der Waals surface area contributed by atoms with Gasteiger partial charge in [-0.05, 0) is 25.1 Å². The number of rotatable bonds is 4. The molecule has 0 aliphatic rings. The maximum Gasteiger partial charge on any atom is 0.335 e. The van der Waals surface area contributed by atoms with Crippen LogP contribution in [0.2, 0.25) is 0 Å². The van der Waals surface area contributed by atoms with E-state index >= 15 is 0 Å². The summed E-state index contributed by atoms with van der Waals surface area (Å²) in [7, 11) is 0. The average molecular weight is 285 g/mol. The zero-order chi connectivity index (χ0) is 15.0. The number of oxazole rings is 1. The van der Waals surface area contributed by atoms with Gasteiger partial charge in [0.1, 0.15) is 18.1 Å². The number of carboxylic acid groups (broad SMARTS) is 1. The van der Waals surface area contributed by atoms with Crippen molar-refractivity contribution in [1.82, 2.24) is 14.5 Å². The highest BCUT2D eigenvalue weighted by atomic mass is 16.4. The average Bonchev–Trinajstić information content (AvgIpc) is 3.02. The maximum atomic E-state index is 11.1. The number of hydrogen-bond donors (Lipinski definition) is 1. The third-order valence-corrected chi connectivity index (χ3v) is 3.35. The lowest BCUT2D eigenvalue weighted by molar-refractivity contribution is 0.0697. The Hall–Kier alpha value is -2.63. The van der Waals surface area contributed by atoms with Crippen LogP contribution in [0.4, 0.5) is 0 Å². The third-order valence-electron chi connectivity index (χ3n) is 3.35. The summed E-state index contributed by atoms with van der Waals surface area (Å²) < 4.78 is 7.46. The molecule has 0 aliphatic carbocycles. The molecule has 0 radical (unpaired) electrons. The van der Waals surface area contributed by atoms with Crippen molar-refractivity contribution in [3.63, 3.8) is 0 Å². The van der Waals surface area contributed by atoms with Gasteiger partial charge in [0, 0.05) is 6.42 Å². The van der Waals surface area contributed by atoms with Gasteiger partial charge in [0.05, 0.1) is 22.8 Å². The molecule has 1 N–H and O–H groups in total. The van der Waals surface area contributed by atoms with Crippen molar-refractivity contribution in [2.75, 3.05) is 0 Å². The zero-order valence-corrected chi connectivity index (χ0v) is 11.8. The number of aromatic nitrogens is 3. The molecule has 21 heavy (non-hydrogen) atoms. The standard InChI is InChI=1S/C15H15N3O3/c1-3-13-17-11-5-4-10(15(19)20)6-12(11)18(13)8-14-16-7-9(2)21-14/h4-7H,3,8H2,1-2H3,(H,19,20). The number of imidazole rings is 1. The molecule has 2 aromatic heterocycles. The minimum absolute atomic E-state index is 0.245. The van der Waals surface area contributed by atoms with Gasteiger partial charge in [-0.2, -0.15) is 0 Å². The van der Waals surface area contributed by atoms with E-state index < -0.39 is 5.97 Å². The molecular weight excluding hydrogens is 270 g/mol. The molecule has 0 atom stereocenters. The summed E-state index contributed by atoms with van der Waals surface area (Å²) in [4.78, 5) is 19.9. The number of aryl methyl sites for hydroxylation is 2. The van der Waals surface area contributed by atoms with Crippen LogP contribution < -0.4 is 0 Å². The summed E-state index contributed by atoms with van der Waals surface area (Å²) in [6.07, 6.45) is 2.42. The first-order valence-electron chi connectivity index (χ1n) is 6.72. The van der Waals surface area contributed by atoms with Crippen molar-refractivity contribution in [1.29, 1.82) is 0 Å². The van der Waals surface area contributed by atoms with Crippen LogP contribution in [0.25, 0.3) is 11.0 Å². The Labute approximate surface area is 121 Å². The minimum Gasteiger partial charge on any atom is -0.478 e. The highest BCUT2D eigenvalue weighted by Crippen LogP contribution is 2.20. The van der Waals surface area contributed by atoms with Crippen LogP contribution in [0.15, 0.2) is 28.8 Å². The van der Waals surface area contributed by atoms with Gasteiger partial charge in [0.2, 0.25) is 5.89 Å². The van der Waals surface area contributed by atoms with Gasteiger partial charge in [-0.3, -0.25) is 0 Å². The van der Waals surface area contributed by atoms with Gasteiger partial charge < -0.3 is 14.1 Å². The lowest BCUT2D eigenvalue weighted by Gasteiger charge is -2.05. The molecule has 3 aromatic rings. The lowest BCUT2D eigenvalue weighted by Crippen LogP contribution is -2.05. The maximum absolute atomic E-state index is 11.1. The smallest absolute Gasteiger partial charge is 0.335 e. The van der Waals surface area contributed by atoms with Crippen LogP contribution in [0.5, 0.6) is 0 Å². The Morgan fingerprint density at radius 1 is 1.43 bits per heavy atom. The number of carboxylic acids is 1. The van der Waals surface area contributed by atoms with Gasteiger partial charge in [0.15, 0.2) is 0 Å². The van der Waals surface area contributed by atoms with Crippen LogP contribution in [-0.4, -0.2) is 25.6 Å². The molecule has 0 bridgehead atoms. The molecule has 0 saturated carbocycles. The van der Waals surface area contributed by atoms with Crippen LogP contribution in [0, 0.1) is 6.92 Å². The highest BCUT2D eigenvalue weighted by Gasteiger charge is 2.14. The summed E-state index contributed by atoms with van der Waals surface area (Å²) in [6, 6.07) is 4.94. The van der Waals surface area contributed by atoms with Crippen LogP contribution >= 0.6 is 0 Å². The number of aromatic carboxylic acids is 1. The first-order chi connectivity index (χ1) is 10.1. The molecular formula is C15H15N3O3. The molecule has 0 saturated heterocycles. The van der Waals surface area contributed by atoms with E-state index in [1.807, 2.05) is 18.4 Å². The summed E-state index contributed by atoms with van der Waals surface area (Å²) in [5.41, 5.74) is 1.80. The SMILES string of the molecule is CCc1nc2ccc(C(=O)O)cc2n1Cc1ncc(C)o1. The molecule has 0 unspecified atom stereocenters. The van der Waals surface area contributed by atoms with E-state index in [9.17, 15) is 4.79 Å². The molecule has 3 rings (SSSR count). The number of carbonyl (C=O) groups is 1. The topological polar surface area (TPSA) is 81.1 Å². The van der Waals surface area contributed by atoms with Gasteiger partial charge in [-0.25, -0.2) is 14.8 Å². The van der Waals surface area contributed by atoms with Crippen LogP contribution in [0.3, 0.4) is 0 Å². The summed E-state index contributed by atoms with van der Waals surface area (Å²) >= 11 is 0. The second-order valence-corrected chi connectivity index (χ2v) is 4.84. The van der Waals surface area contributed by atoms with E-state index in [1.54, 1.807) is 24.4 Å². The summed E-state index contributed by atoms with van der Waals surface area (Å²) in [5.74, 6) is 1.26. The number of fused-ring (bicyclic) bond motifs is 1.